The molecule has 1 aromatic rings. The molecule has 1 aliphatic rings. The molecule has 9 nitrogen and oxygen atoms in total. The second kappa shape index (κ2) is 14.1. The van der Waals surface area contributed by atoms with Crippen LogP contribution in [0.4, 0.5) is 0 Å². The summed E-state index contributed by atoms with van der Waals surface area (Å²) >= 11 is 0. The number of para-hydroxylation sites is 1. The van der Waals surface area contributed by atoms with E-state index in [2.05, 4.69) is 30.7 Å². The normalized spacial score (nSPS) is 14.7. The van der Waals surface area contributed by atoms with Gasteiger partial charge in [0.2, 0.25) is 5.91 Å². The molecule has 0 spiro atoms. The fourth-order valence-corrected chi connectivity index (χ4v) is 3.21. The van der Waals surface area contributed by atoms with Gasteiger partial charge in [-0.25, -0.2) is 0 Å². The molecule has 10 heteroatoms. The number of aromatic hydroxyl groups is 1. The van der Waals surface area contributed by atoms with Crippen LogP contribution >= 0.6 is 24.0 Å². The minimum Gasteiger partial charge on any atom is -0.507 e. The summed E-state index contributed by atoms with van der Waals surface area (Å²) in [6.45, 7) is 11.0. The molecule has 174 valence electrons. The summed E-state index contributed by atoms with van der Waals surface area (Å²) < 4.78 is 0. The van der Waals surface area contributed by atoms with Gasteiger partial charge in [0.05, 0.1) is 18.7 Å². The third-order valence-corrected chi connectivity index (χ3v) is 4.63. The van der Waals surface area contributed by atoms with Crippen LogP contribution in [0.1, 0.15) is 31.1 Å². The molecule has 2 rings (SSSR count). The summed E-state index contributed by atoms with van der Waals surface area (Å²) in [5.41, 5.74) is 0.256. The van der Waals surface area contributed by atoms with E-state index in [1.165, 1.54) is 6.07 Å². The monoisotopic (exact) mass is 546 g/mol. The van der Waals surface area contributed by atoms with Gasteiger partial charge < -0.3 is 26.0 Å². The van der Waals surface area contributed by atoms with Crippen LogP contribution in [0.3, 0.4) is 0 Å². The number of carbonyl (C=O) groups is 2. The van der Waals surface area contributed by atoms with Crippen molar-refractivity contribution in [1.29, 1.82) is 0 Å². The van der Waals surface area contributed by atoms with Crippen molar-refractivity contribution in [1.82, 2.24) is 25.8 Å². The van der Waals surface area contributed by atoms with E-state index in [4.69, 9.17) is 0 Å². The van der Waals surface area contributed by atoms with Crippen LogP contribution in [0.5, 0.6) is 5.75 Å². The Balaban J connectivity index is 0.00000480. The number of phenols is 1. The maximum absolute atomic E-state index is 12.1. The summed E-state index contributed by atoms with van der Waals surface area (Å²) in [4.78, 5) is 33.0. The smallest absolute Gasteiger partial charge is 0.255 e. The first kappa shape index (κ1) is 27.0. The second-order valence-corrected chi connectivity index (χ2v) is 7.49. The summed E-state index contributed by atoms with van der Waals surface area (Å²) in [6.07, 6.45) is 0. The van der Waals surface area contributed by atoms with Crippen LogP contribution in [0.2, 0.25) is 0 Å². The first-order chi connectivity index (χ1) is 14.4. The van der Waals surface area contributed by atoms with Gasteiger partial charge >= 0.3 is 0 Å². The standard InChI is InChI=1S/C21H34N6O3.HI/c1-4-22-21(24-10-9-23-20(30)17-7-5-6-8-18(17)28)27-13-11-26(12-14-27)15-19(29)25-16(2)3;/h5-8,16,28H,4,9-15H2,1-3H3,(H,22,24)(H,23,30)(H,25,29);1H. The number of amides is 2. The Morgan fingerprint density at radius 2 is 1.81 bits per heavy atom. The van der Waals surface area contributed by atoms with Crippen molar-refractivity contribution in [2.75, 3.05) is 52.4 Å². The van der Waals surface area contributed by atoms with E-state index in [1.54, 1.807) is 18.2 Å². The summed E-state index contributed by atoms with van der Waals surface area (Å²) in [7, 11) is 0. The zero-order valence-electron chi connectivity index (χ0n) is 18.6. The second-order valence-electron chi connectivity index (χ2n) is 7.49. The van der Waals surface area contributed by atoms with Crippen molar-refractivity contribution >= 4 is 41.8 Å². The Bertz CT molecular complexity index is 736. The summed E-state index contributed by atoms with van der Waals surface area (Å²) in [6, 6.07) is 6.61. The topological polar surface area (TPSA) is 109 Å². The molecule has 0 aliphatic carbocycles. The van der Waals surface area contributed by atoms with E-state index in [0.717, 1.165) is 38.7 Å². The van der Waals surface area contributed by atoms with Crippen LogP contribution in [-0.4, -0.2) is 91.1 Å². The van der Waals surface area contributed by atoms with Gasteiger partial charge in [-0.05, 0) is 32.9 Å². The summed E-state index contributed by atoms with van der Waals surface area (Å²) in [5.74, 6) is 0.508. The molecule has 31 heavy (non-hydrogen) atoms. The van der Waals surface area contributed by atoms with Gasteiger partial charge in [0.15, 0.2) is 5.96 Å². The minimum atomic E-state index is -0.318. The predicted molar refractivity (Wildman–Crippen MR) is 133 cm³/mol. The van der Waals surface area contributed by atoms with Crippen molar-refractivity contribution < 1.29 is 14.7 Å². The highest BCUT2D eigenvalue weighted by Crippen LogP contribution is 2.14. The van der Waals surface area contributed by atoms with Gasteiger partial charge in [0.25, 0.3) is 5.91 Å². The number of piperazine rings is 1. The molecule has 0 aromatic heterocycles. The molecular weight excluding hydrogens is 511 g/mol. The van der Waals surface area contributed by atoms with Gasteiger partial charge in [0.1, 0.15) is 5.75 Å². The molecule has 1 fully saturated rings. The molecule has 1 heterocycles. The van der Waals surface area contributed by atoms with E-state index < -0.39 is 0 Å². The predicted octanol–water partition coefficient (Wildman–Crippen LogP) is 0.848. The highest BCUT2D eigenvalue weighted by molar-refractivity contribution is 14.0. The molecule has 0 unspecified atom stereocenters. The van der Waals surface area contributed by atoms with Gasteiger partial charge in [-0.3, -0.25) is 19.5 Å². The Morgan fingerprint density at radius 3 is 2.42 bits per heavy atom. The number of hydrogen-bond donors (Lipinski definition) is 4. The van der Waals surface area contributed by atoms with E-state index in [-0.39, 0.29) is 53.1 Å². The molecular formula is C21H35IN6O3. The number of aliphatic imine (C=N–C) groups is 1. The number of phenolic OH excluding ortho intramolecular Hbond substituents is 1. The van der Waals surface area contributed by atoms with Crippen molar-refractivity contribution in [2.45, 2.75) is 26.8 Å². The van der Waals surface area contributed by atoms with Crippen molar-refractivity contribution in [3.8, 4) is 5.75 Å². The molecule has 0 atom stereocenters. The first-order valence-electron chi connectivity index (χ1n) is 10.5. The van der Waals surface area contributed by atoms with Crippen molar-refractivity contribution in [3.63, 3.8) is 0 Å². The van der Waals surface area contributed by atoms with Crippen molar-refractivity contribution in [2.24, 2.45) is 4.99 Å². The third kappa shape index (κ3) is 9.30. The lowest BCUT2D eigenvalue weighted by atomic mass is 10.2. The average Bonchev–Trinajstić information content (AvgIpc) is 2.70. The van der Waals surface area contributed by atoms with Crippen LogP contribution in [0.15, 0.2) is 29.3 Å². The molecule has 0 bridgehead atoms. The summed E-state index contributed by atoms with van der Waals surface area (Å²) in [5, 5.41) is 18.7. The molecule has 1 saturated heterocycles. The van der Waals surface area contributed by atoms with Crippen LogP contribution in [0.25, 0.3) is 0 Å². The number of carbonyl (C=O) groups excluding carboxylic acids is 2. The lowest BCUT2D eigenvalue weighted by Gasteiger charge is -2.36. The van der Waals surface area contributed by atoms with Gasteiger partial charge in [0, 0.05) is 45.3 Å². The number of guanidine groups is 1. The zero-order valence-corrected chi connectivity index (χ0v) is 20.9. The third-order valence-electron chi connectivity index (χ3n) is 4.63. The lowest BCUT2D eigenvalue weighted by molar-refractivity contribution is -0.123. The fraction of sp³-hybridized carbons (Fsp3) is 0.571. The van der Waals surface area contributed by atoms with Gasteiger partial charge in [-0.15, -0.1) is 24.0 Å². The van der Waals surface area contributed by atoms with Gasteiger partial charge in [-0.2, -0.15) is 0 Å². The SMILES string of the molecule is CCNC(=NCCNC(=O)c1ccccc1O)N1CCN(CC(=O)NC(C)C)CC1.I. The zero-order chi connectivity index (χ0) is 21.9. The van der Waals surface area contributed by atoms with Crippen LogP contribution < -0.4 is 16.0 Å². The Hall–Kier alpha value is -2.08. The average molecular weight is 546 g/mol. The molecule has 0 saturated carbocycles. The van der Waals surface area contributed by atoms with Gasteiger partial charge in [-0.1, -0.05) is 12.1 Å². The number of nitrogens with one attached hydrogen (secondary N) is 3. The molecule has 2 amide bonds. The van der Waals surface area contributed by atoms with E-state index in [1.807, 2.05) is 20.8 Å². The molecule has 1 aromatic carbocycles. The van der Waals surface area contributed by atoms with E-state index >= 15 is 0 Å². The number of nitrogens with zero attached hydrogens (tertiary/aromatic N) is 3. The van der Waals surface area contributed by atoms with Crippen LogP contribution in [0, 0.1) is 0 Å². The first-order valence-corrected chi connectivity index (χ1v) is 10.5. The largest absolute Gasteiger partial charge is 0.507 e. The number of hydrogen-bond acceptors (Lipinski definition) is 5. The quantitative estimate of drug-likeness (QED) is 0.167. The highest BCUT2D eigenvalue weighted by Gasteiger charge is 2.21. The number of halogens is 1. The fourth-order valence-electron chi connectivity index (χ4n) is 3.21. The Labute approximate surface area is 201 Å². The Morgan fingerprint density at radius 1 is 1.13 bits per heavy atom. The molecule has 4 N–H and O–H groups in total. The van der Waals surface area contributed by atoms with E-state index in [0.29, 0.717) is 19.6 Å². The van der Waals surface area contributed by atoms with E-state index in [9.17, 15) is 14.7 Å². The van der Waals surface area contributed by atoms with Crippen LogP contribution in [-0.2, 0) is 4.79 Å². The number of rotatable bonds is 8. The maximum Gasteiger partial charge on any atom is 0.255 e. The minimum absolute atomic E-state index is 0. The molecule has 1 aliphatic heterocycles. The Kier molecular flexibility index (Phi) is 12.2. The molecule has 0 radical (unpaired) electrons. The maximum atomic E-state index is 12.1. The highest BCUT2D eigenvalue weighted by atomic mass is 127. The lowest BCUT2D eigenvalue weighted by Crippen LogP contribution is -2.54. The van der Waals surface area contributed by atoms with Crippen molar-refractivity contribution in [3.05, 3.63) is 29.8 Å². The number of benzene rings is 1.